The molecule has 24 heavy (non-hydrogen) atoms. The van der Waals surface area contributed by atoms with E-state index in [1.54, 1.807) is 6.08 Å². The zero-order chi connectivity index (χ0) is 18.4. The van der Waals surface area contributed by atoms with Gasteiger partial charge in [0.1, 0.15) is 0 Å². The SMILES string of the molecule is CCCCCCCCC/C=C/C(O)(CO)C(=O)OC(=O)C(O)CO. The van der Waals surface area contributed by atoms with Crippen LogP contribution in [0.4, 0.5) is 0 Å². The van der Waals surface area contributed by atoms with Crippen molar-refractivity contribution in [3.63, 3.8) is 0 Å². The molecule has 0 aliphatic carbocycles. The molecule has 140 valence electrons. The molecule has 0 aliphatic heterocycles. The number of unbranched alkanes of at least 4 members (excludes halogenated alkanes) is 7. The Labute approximate surface area is 143 Å². The minimum Gasteiger partial charge on any atom is -0.393 e. The van der Waals surface area contributed by atoms with E-state index in [0.717, 1.165) is 25.3 Å². The highest BCUT2D eigenvalue weighted by molar-refractivity contribution is 5.93. The summed E-state index contributed by atoms with van der Waals surface area (Å²) >= 11 is 0. The van der Waals surface area contributed by atoms with Crippen LogP contribution in [0.1, 0.15) is 58.3 Å². The molecule has 0 radical (unpaired) electrons. The van der Waals surface area contributed by atoms with Gasteiger partial charge in [-0.05, 0) is 18.9 Å². The summed E-state index contributed by atoms with van der Waals surface area (Å²) in [4.78, 5) is 22.9. The van der Waals surface area contributed by atoms with Gasteiger partial charge < -0.3 is 25.2 Å². The first-order valence-corrected chi connectivity index (χ1v) is 8.47. The number of esters is 2. The lowest BCUT2D eigenvalue weighted by Gasteiger charge is -2.19. The molecule has 0 aromatic rings. The summed E-state index contributed by atoms with van der Waals surface area (Å²) in [6.07, 6.45) is 9.33. The maximum absolute atomic E-state index is 11.7. The molecule has 0 heterocycles. The second-order valence-electron chi connectivity index (χ2n) is 5.80. The van der Waals surface area contributed by atoms with Crippen LogP contribution in [0, 0.1) is 0 Å². The minimum atomic E-state index is -2.34. The van der Waals surface area contributed by atoms with Crippen LogP contribution in [0.3, 0.4) is 0 Å². The summed E-state index contributed by atoms with van der Waals surface area (Å²) in [5, 5.41) is 36.8. The summed E-state index contributed by atoms with van der Waals surface area (Å²) in [5.74, 6) is -2.77. The van der Waals surface area contributed by atoms with Crippen LogP contribution in [0.25, 0.3) is 0 Å². The van der Waals surface area contributed by atoms with Gasteiger partial charge in [0.05, 0.1) is 13.2 Å². The van der Waals surface area contributed by atoms with Gasteiger partial charge in [-0.25, -0.2) is 9.59 Å². The van der Waals surface area contributed by atoms with Crippen LogP contribution in [0.5, 0.6) is 0 Å². The number of ether oxygens (including phenoxy) is 1. The van der Waals surface area contributed by atoms with Crippen LogP contribution < -0.4 is 0 Å². The molecule has 0 aromatic carbocycles. The monoisotopic (exact) mass is 346 g/mol. The lowest BCUT2D eigenvalue weighted by Crippen LogP contribution is -2.44. The molecule has 2 atom stereocenters. The van der Waals surface area contributed by atoms with Gasteiger partial charge in [0.15, 0.2) is 6.10 Å². The minimum absolute atomic E-state index is 0.622. The van der Waals surface area contributed by atoms with Gasteiger partial charge in [0.25, 0.3) is 0 Å². The van der Waals surface area contributed by atoms with Crippen LogP contribution >= 0.6 is 0 Å². The average molecular weight is 346 g/mol. The molecule has 0 fully saturated rings. The third-order valence-corrected chi connectivity index (χ3v) is 3.60. The summed E-state index contributed by atoms with van der Waals surface area (Å²) in [6, 6.07) is 0. The zero-order valence-electron chi connectivity index (χ0n) is 14.3. The molecular weight excluding hydrogens is 316 g/mol. The van der Waals surface area contributed by atoms with Crippen molar-refractivity contribution in [1.29, 1.82) is 0 Å². The number of rotatable bonds is 13. The van der Waals surface area contributed by atoms with Crippen molar-refractivity contribution in [3.8, 4) is 0 Å². The fourth-order valence-corrected chi connectivity index (χ4v) is 2.01. The van der Waals surface area contributed by atoms with E-state index in [1.165, 1.54) is 25.7 Å². The molecule has 0 amide bonds. The summed E-state index contributed by atoms with van der Waals surface area (Å²) in [7, 11) is 0. The second kappa shape index (κ2) is 13.1. The van der Waals surface area contributed by atoms with E-state index in [1.807, 2.05) is 0 Å². The van der Waals surface area contributed by atoms with Crippen LogP contribution in [-0.2, 0) is 14.3 Å². The van der Waals surface area contributed by atoms with Crippen LogP contribution in [0.15, 0.2) is 12.2 Å². The average Bonchev–Trinajstić information content (AvgIpc) is 2.59. The quantitative estimate of drug-likeness (QED) is 0.168. The Balaban J connectivity index is 4.20. The van der Waals surface area contributed by atoms with Crippen molar-refractivity contribution < 1.29 is 34.8 Å². The van der Waals surface area contributed by atoms with Gasteiger partial charge in [0, 0.05) is 0 Å². The third kappa shape index (κ3) is 9.12. The summed E-state index contributed by atoms with van der Waals surface area (Å²) in [5.41, 5.74) is -2.34. The van der Waals surface area contributed by atoms with E-state index in [2.05, 4.69) is 11.7 Å². The van der Waals surface area contributed by atoms with Crippen molar-refractivity contribution in [3.05, 3.63) is 12.2 Å². The molecule has 2 unspecified atom stereocenters. The zero-order valence-corrected chi connectivity index (χ0v) is 14.3. The summed E-state index contributed by atoms with van der Waals surface area (Å²) < 4.78 is 4.24. The Hall–Kier alpha value is -1.28. The predicted octanol–water partition coefficient (Wildman–Crippen LogP) is 0.830. The van der Waals surface area contributed by atoms with E-state index in [4.69, 9.17) is 15.3 Å². The first kappa shape index (κ1) is 22.7. The van der Waals surface area contributed by atoms with Crippen molar-refractivity contribution in [2.75, 3.05) is 13.2 Å². The van der Waals surface area contributed by atoms with E-state index < -0.39 is 36.9 Å². The molecular formula is C17H30O7. The largest absolute Gasteiger partial charge is 0.393 e. The fraction of sp³-hybridized carbons (Fsp3) is 0.765. The van der Waals surface area contributed by atoms with Gasteiger partial charge >= 0.3 is 11.9 Å². The highest BCUT2D eigenvalue weighted by atomic mass is 16.6. The normalized spacial score (nSPS) is 15.2. The van der Waals surface area contributed by atoms with Gasteiger partial charge in [0.2, 0.25) is 5.60 Å². The molecule has 7 nitrogen and oxygen atoms in total. The molecule has 0 saturated carbocycles. The van der Waals surface area contributed by atoms with Crippen LogP contribution in [-0.4, -0.2) is 57.3 Å². The van der Waals surface area contributed by atoms with Crippen molar-refractivity contribution >= 4 is 11.9 Å². The maximum Gasteiger partial charge on any atom is 0.352 e. The molecule has 0 bridgehead atoms. The molecule has 0 rings (SSSR count). The van der Waals surface area contributed by atoms with Gasteiger partial charge in [-0.3, -0.25) is 0 Å². The van der Waals surface area contributed by atoms with Gasteiger partial charge in [-0.2, -0.15) is 0 Å². The smallest absolute Gasteiger partial charge is 0.352 e. The first-order valence-electron chi connectivity index (χ1n) is 8.47. The molecule has 4 N–H and O–H groups in total. The summed E-state index contributed by atoms with van der Waals surface area (Å²) in [6.45, 7) is 0.301. The van der Waals surface area contributed by atoms with E-state index in [9.17, 15) is 14.7 Å². The van der Waals surface area contributed by atoms with Crippen molar-refractivity contribution in [1.82, 2.24) is 0 Å². The van der Waals surface area contributed by atoms with Crippen LogP contribution in [0.2, 0.25) is 0 Å². The second-order valence-corrected chi connectivity index (χ2v) is 5.80. The van der Waals surface area contributed by atoms with E-state index >= 15 is 0 Å². The van der Waals surface area contributed by atoms with Crippen molar-refractivity contribution in [2.45, 2.75) is 70.0 Å². The number of allylic oxidation sites excluding steroid dienone is 1. The number of carbonyl (C=O) groups is 2. The lowest BCUT2D eigenvalue weighted by atomic mass is 10.0. The standard InChI is InChI=1S/C17H30O7/c1-2-3-4-5-6-7-8-9-10-11-17(23,13-19)16(22)24-15(21)14(20)12-18/h10-11,14,18-20,23H,2-9,12-13H2,1H3/b11-10+. The number of carbonyl (C=O) groups excluding carboxylic acids is 2. The highest BCUT2D eigenvalue weighted by Gasteiger charge is 2.37. The topological polar surface area (TPSA) is 124 Å². The number of hydrogen-bond donors (Lipinski definition) is 4. The Morgan fingerprint density at radius 2 is 1.67 bits per heavy atom. The lowest BCUT2D eigenvalue weighted by molar-refractivity contribution is -0.178. The van der Waals surface area contributed by atoms with E-state index in [0.29, 0.717) is 6.42 Å². The Morgan fingerprint density at radius 3 is 2.21 bits per heavy atom. The van der Waals surface area contributed by atoms with Gasteiger partial charge in [-0.15, -0.1) is 0 Å². The molecule has 7 heteroatoms. The van der Waals surface area contributed by atoms with E-state index in [-0.39, 0.29) is 0 Å². The first-order chi connectivity index (χ1) is 11.4. The number of aliphatic hydroxyl groups is 4. The molecule has 0 aliphatic rings. The molecule has 0 aromatic heterocycles. The maximum atomic E-state index is 11.7. The fourth-order valence-electron chi connectivity index (χ4n) is 2.01. The Kier molecular flexibility index (Phi) is 12.4. The molecule has 0 spiro atoms. The Morgan fingerprint density at radius 1 is 1.08 bits per heavy atom. The van der Waals surface area contributed by atoms with Crippen molar-refractivity contribution in [2.24, 2.45) is 0 Å². The predicted molar refractivity (Wildman–Crippen MR) is 88.0 cm³/mol. The number of hydrogen-bond acceptors (Lipinski definition) is 7. The number of aliphatic hydroxyl groups excluding tert-OH is 3. The van der Waals surface area contributed by atoms with Gasteiger partial charge in [-0.1, -0.05) is 51.5 Å². The molecule has 0 saturated heterocycles. The third-order valence-electron chi connectivity index (χ3n) is 3.60. The Bertz CT molecular complexity index is 394. The highest BCUT2D eigenvalue weighted by Crippen LogP contribution is 2.13.